The maximum absolute atomic E-state index is 13.4. The number of rotatable bonds is 6. The molecule has 0 radical (unpaired) electrons. The Labute approximate surface area is 266 Å². The summed E-state index contributed by atoms with van der Waals surface area (Å²) in [5.41, 5.74) is 0.961. The molecule has 6 fully saturated rings. The zero-order valence-electron chi connectivity index (χ0n) is 27.4. The first kappa shape index (κ1) is 32.4. The monoisotopic (exact) mass is 634 g/mol. The molecule has 7 aliphatic rings. The molecule has 3 saturated heterocycles. The topological polar surface area (TPSA) is 158 Å². The quantitative estimate of drug-likeness (QED) is 0.167. The highest BCUT2D eigenvalue weighted by Gasteiger charge is 2.68. The average Bonchev–Trinajstić information content (AvgIpc) is 3.44. The van der Waals surface area contributed by atoms with Crippen LogP contribution < -0.4 is 0 Å². The second-order valence-electron chi connectivity index (χ2n) is 16.4. The Kier molecular flexibility index (Phi) is 8.09. The van der Waals surface area contributed by atoms with Gasteiger partial charge in [-0.1, -0.05) is 39.3 Å². The fourth-order valence-corrected chi connectivity index (χ4v) is 11.5. The van der Waals surface area contributed by atoms with E-state index >= 15 is 0 Å². The Hall–Kier alpha value is -1.11. The van der Waals surface area contributed by atoms with Crippen molar-refractivity contribution < 1.29 is 49.3 Å². The Morgan fingerprint density at radius 2 is 1.69 bits per heavy atom. The number of cyclic esters (lactones) is 1. The molecule has 0 spiro atoms. The van der Waals surface area contributed by atoms with Crippen LogP contribution >= 0.6 is 0 Å². The number of hydrogen-bond donors (Lipinski definition) is 5. The van der Waals surface area contributed by atoms with Gasteiger partial charge >= 0.3 is 5.97 Å². The summed E-state index contributed by atoms with van der Waals surface area (Å²) in [5.74, 6) is 0.646. The Balaban J connectivity index is 1.06. The molecule has 0 amide bonds. The molecule has 3 aliphatic heterocycles. The number of fused-ring (bicyclic) bond motifs is 5. The molecular weight excluding hydrogens is 580 g/mol. The van der Waals surface area contributed by atoms with Crippen LogP contribution in [0.1, 0.15) is 86.0 Å². The van der Waals surface area contributed by atoms with Crippen molar-refractivity contribution >= 4 is 5.97 Å². The molecule has 3 saturated carbocycles. The van der Waals surface area contributed by atoms with Crippen LogP contribution in [0.15, 0.2) is 11.6 Å². The summed E-state index contributed by atoms with van der Waals surface area (Å²) in [6.07, 6.45) is 1.91. The van der Waals surface area contributed by atoms with E-state index in [4.69, 9.17) is 18.9 Å². The molecule has 17 atom stereocenters. The second-order valence-corrected chi connectivity index (χ2v) is 16.4. The van der Waals surface area contributed by atoms with Crippen molar-refractivity contribution in [3.05, 3.63) is 11.6 Å². The summed E-state index contributed by atoms with van der Waals surface area (Å²) in [6, 6.07) is 0. The molecule has 3 heterocycles. The summed E-state index contributed by atoms with van der Waals surface area (Å²) in [5, 5.41) is 52.1. The molecule has 0 aromatic carbocycles. The van der Waals surface area contributed by atoms with Crippen LogP contribution in [0.2, 0.25) is 0 Å². The number of allylic oxidation sites excluding steroid dienone is 2. The first-order valence-corrected chi connectivity index (χ1v) is 17.5. The average molecular weight is 635 g/mol. The minimum atomic E-state index is -1.45. The van der Waals surface area contributed by atoms with Crippen molar-refractivity contribution in [2.45, 2.75) is 147 Å². The summed E-state index contributed by atoms with van der Waals surface area (Å²) in [4.78, 5) is 13.4. The van der Waals surface area contributed by atoms with E-state index in [2.05, 4.69) is 40.7 Å². The van der Waals surface area contributed by atoms with Gasteiger partial charge in [0, 0.05) is 12.3 Å². The maximum Gasteiger partial charge on any atom is 0.309 e. The molecule has 10 heteroatoms. The fourth-order valence-electron chi connectivity index (χ4n) is 11.5. The van der Waals surface area contributed by atoms with Gasteiger partial charge in [-0.25, -0.2) is 0 Å². The van der Waals surface area contributed by atoms with Crippen molar-refractivity contribution in [2.24, 2.45) is 46.3 Å². The number of carbonyl (C=O) groups excluding carboxylic acids is 1. The number of aliphatic hydroxyl groups excluding tert-OH is 5. The van der Waals surface area contributed by atoms with Gasteiger partial charge in [0.1, 0.15) is 36.1 Å². The standard InChI is InChI=1S/C35H54O10/c1-16(2)35(17(3)45-35)26-13-21(31(41)44-26)27-24(37)14-23-20-7-6-18-12-19(8-10-33(18,4)22(20)9-11-34(23,27)5)42-32-30(40)29(39)28(38)25(15-36)43-32/h7,16-19,21-30,32,36-40H,6,8-15H2,1-5H3/t17-,18+,19+,21-,22+,23+,24-,25+,26+,27+,28+,29+,30+,32-,33+,34+,35-/m1/s1. The number of aliphatic hydroxyl groups is 5. The summed E-state index contributed by atoms with van der Waals surface area (Å²) < 4.78 is 24.0. The van der Waals surface area contributed by atoms with Gasteiger partial charge in [0.05, 0.1) is 30.8 Å². The third-order valence-electron chi connectivity index (χ3n) is 14.1. The van der Waals surface area contributed by atoms with Gasteiger partial charge in [-0.2, -0.15) is 0 Å². The Morgan fingerprint density at radius 3 is 2.36 bits per heavy atom. The predicted octanol–water partition coefficient (Wildman–Crippen LogP) is 2.47. The molecule has 5 N–H and O–H groups in total. The normalized spacial score (nSPS) is 55.9. The summed E-state index contributed by atoms with van der Waals surface area (Å²) >= 11 is 0. The number of hydrogen-bond acceptors (Lipinski definition) is 10. The first-order chi connectivity index (χ1) is 21.3. The van der Waals surface area contributed by atoms with Gasteiger partial charge in [-0.15, -0.1) is 0 Å². The van der Waals surface area contributed by atoms with Crippen molar-refractivity contribution in [3.8, 4) is 0 Å². The third kappa shape index (κ3) is 4.75. The van der Waals surface area contributed by atoms with Gasteiger partial charge in [-0.05, 0) is 86.4 Å². The van der Waals surface area contributed by atoms with Crippen LogP contribution in [-0.2, 0) is 23.7 Å². The number of ether oxygens (including phenoxy) is 4. The van der Waals surface area contributed by atoms with E-state index in [0.717, 1.165) is 38.5 Å². The molecule has 0 bridgehead atoms. The first-order valence-electron chi connectivity index (χ1n) is 17.5. The van der Waals surface area contributed by atoms with Crippen LogP contribution in [0.3, 0.4) is 0 Å². The molecule has 45 heavy (non-hydrogen) atoms. The molecule has 4 aliphatic carbocycles. The number of carbonyl (C=O) groups is 1. The van der Waals surface area contributed by atoms with E-state index in [1.54, 1.807) is 0 Å². The van der Waals surface area contributed by atoms with Crippen LogP contribution in [0.4, 0.5) is 0 Å². The van der Waals surface area contributed by atoms with E-state index < -0.39 is 49.0 Å². The van der Waals surface area contributed by atoms with E-state index in [-0.39, 0.29) is 58.8 Å². The van der Waals surface area contributed by atoms with Crippen molar-refractivity contribution in [3.63, 3.8) is 0 Å². The van der Waals surface area contributed by atoms with E-state index in [1.807, 2.05) is 0 Å². The van der Waals surface area contributed by atoms with Crippen LogP contribution in [-0.4, -0.2) is 98.8 Å². The molecule has 10 nitrogen and oxygen atoms in total. The predicted molar refractivity (Wildman–Crippen MR) is 161 cm³/mol. The lowest BCUT2D eigenvalue weighted by atomic mass is 9.47. The second kappa shape index (κ2) is 11.2. The van der Waals surface area contributed by atoms with E-state index in [1.165, 1.54) is 5.57 Å². The number of epoxide rings is 1. The molecule has 0 unspecified atom stereocenters. The lowest BCUT2D eigenvalue weighted by Crippen LogP contribution is -2.60. The van der Waals surface area contributed by atoms with Crippen molar-refractivity contribution in [1.29, 1.82) is 0 Å². The molecule has 254 valence electrons. The lowest BCUT2D eigenvalue weighted by Gasteiger charge is -2.58. The molecule has 0 aromatic rings. The minimum Gasteiger partial charge on any atom is -0.459 e. The van der Waals surface area contributed by atoms with Gasteiger partial charge in [-0.3, -0.25) is 4.79 Å². The zero-order valence-corrected chi connectivity index (χ0v) is 27.4. The Bertz CT molecular complexity index is 1190. The van der Waals surface area contributed by atoms with Crippen LogP contribution in [0.25, 0.3) is 0 Å². The molecule has 7 rings (SSSR count). The summed E-state index contributed by atoms with van der Waals surface area (Å²) in [6.45, 7) is 10.6. The highest BCUT2D eigenvalue weighted by Crippen LogP contribution is 2.68. The van der Waals surface area contributed by atoms with Gasteiger partial charge in [0.15, 0.2) is 6.29 Å². The number of esters is 1. The maximum atomic E-state index is 13.4. The smallest absolute Gasteiger partial charge is 0.309 e. The SMILES string of the molecule is CC(C)[C@@]1([C@@H]2C[C@H]([C@H]3[C@H](O)C[C@H]4C5=CC[C@H]6C[C@@H](O[C@@H]7O[C@@H](CO)[C@H](O)[C@H](O)[C@@H]7O)CC[C@]6(C)[C@H]5CC[C@]34C)C(=O)O2)O[C@@H]1C. The zero-order chi connectivity index (χ0) is 32.2. The van der Waals surface area contributed by atoms with Crippen LogP contribution in [0.5, 0.6) is 0 Å². The van der Waals surface area contributed by atoms with E-state index in [9.17, 15) is 30.3 Å². The van der Waals surface area contributed by atoms with Gasteiger partial charge in [0.25, 0.3) is 0 Å². The fraction of sp³-hybridized carbons (Fsp3) is 0.914. The summed E-state index contributed by atoms with van der Waals surface area (Å²) in [7, 11) is 0. The highest BCUT2D eigenvalue weighted by atomic mass is 16.7. The van der Waals surface area contributed by atoms with Gasteiger partial charge < -0.3 is 44.5 Å². The van der Waals surface area contributed by atoms with Crippen molar-refractivity contribution in [1.82, 2.24) is 0 Å². The largest absolute Gasteiger partial charge is 0.459 e. The highest BCUT2D eigenvalue weighted by molar-refractivity contribution is 5.76. The lowest BCUT2D eigenvalue weighted by molar-refractivity contribution is -0.315. The Morgan fingerprint density at radius 1 is 0.978 bits per heavy atom. The van der Waals surface area contributed by atoms with Gasteiger partial charge in [0.2, 0.25) is 0 Å². The van der Waals surface area contributed by atoms with E-state index in [0.29, 0.717) is 24.7 Å². The third-order valence-corrected chi connectivity index (χ3v) is 14.1. The minimum absolute atomic E-state index is 0.0695. The molecule has 0 aromatic heterocycles. The van der Waals surface area contributed by atoms with Crippen molar-refractivity contribution in [2.75, 3.05) is 6.61 Å². The van der Waals surface area contributed by atoms with Crippen LogP contribution in [0, 0.1) is 46.3 Å². The molecular formula is C35H54O10.